The molecule has 4 heteroatoms. The molecular weight excluding hydrogens is 615 g/mol. The van der Waals surface area contributed by atoms with Gasteiger partial charge in [-0.1, -0.05) is 109 Å². The van der Waals surface area contributed by atoms with E-state index in [1.165, 1.54) is 59.2 Å². The number of hydrogen-bond donors (Lipinski definition) is 0. The molecule has 0 fully saturated rings. The van der Waals surface area contributed by atoms with Crippen molar-refractivity contribution in [3.8, 4) is 16.8 Å². The summed E-state index contributed by atoms with van der Waals surface area (Å²) in [7, 11) is 0. The number of nitrogens with zero attached hydrogens (tertiary/aromatic N) is 3. The number of hydrogen-bond acceptors (Lipinski definition) is 3. The number of pyridine rings is 1. The van der Waals surface area contributed by atoms with Crippen LogP contribution in [0.1, 0.15) is 0 Å². The molecule has 0 atom stereocenters. The van der Waals surface area contributed by atoms with Gasteiger partial charge in [-0.25, -0.2) is 4.98 Å². The smallest absolute Gasteiger partial charge is 0.139 e. The second-order valence-electron chi connectivity index (χ2n) is 12.4. The maximum Gasteiger partial charge on any atom is 0.139 e. The van der Waals surface area contributed by atoms with E-state index in [-0.39, 0.29) is 0 Å². The zero-order valence-corrected chi connectivity index (χ0v) is 27.3. The Morgan fingerprint density at radius 3 is 1.98 bits per heavy atom. The highest BCUT2D eigenvalue weighted by molar-refractivity contribution is 7.25. The SMILES string of the molecule is c1ccc(-c2ccc(N(c3ccc4c(c3)c3ccccc3n4-c3ccccc3)c3ccc4c(n3)sc3ccc5ccccc5c34)cc2)cc1. The number of rotatable bonds is 5. The molecule has 10 aromatic rings. The predicted octanol–water partition coefficient (Wildman–Crippen LogP) is 12.8. The monoisotopic (exact) mass is 643 g/mol. The van der Waals surface area contributed by atoms with Gasteiger partial charge in [0.15, 0.2) is 0 Å². The van der Waals surface area contributed by atoms with Crippen molar-refractivity contribution < 1.29 is 0 Å². The summed E-state index contributed by atoms with van der Waals surface area (Å²) in [5.41, 5.74) is 8.03. The quantitative estimate of drug-likeness (QED) is 0.186. The fraction of sp³-hybridized carbons (Fsp3) is 0. The van der Waals surface area contributed by atoms with E-state index < -0.39 is 0 Å². The van der Waals surface area contributed by atoms with Crippen molar-refractivity contribution in [3.63, 3.8) is 0 Å². The second kappa shape index (κ2) is 11.2. The average molecular weight is 644 g/mol. The van der Waals surface area contributed by atoms with E-state index in [4.69, 9.17) is 4.98 Å². The van der Waals surface area contributed by atoms with Crippen LogP contribution in [-0.4, -0.2) is 9.55 Å². The normalized spacial score (nSPS) is 11.7. The molecule has 10 rings (SSSR count). The zero-order chi connectivity index (χ0) is 32.3. The first-order valence-corrected chi connectivity index (χ1v) is 17.4. The minimum atomic E-state index is 0.891. The van der Waals surface area contributed by atoms with E-state index in [0.29, 0.717) is 0 Å². The van der Waals surface area contributed by atoms with Gasteiger partial charge in [0.1, 0.15) is 10.6 Å². The number of anilines is 3. The molecule has 0 spiro atoms. The maximum absolute atomic E-state index is 5.39. The Balaban J connectivity index is 1.19. The van der Waals surface area contributed by atoms with Crippen molar-refractivity contribution in [2.24, 2.45) is 0 Å². The van der Waals surface area contributed by atoms with E-state index in [9.17, 15) is 0 Å². The van der Waals surface area contributed by atoms with Crippen LogP contribution in [0.5, 0.6) is 0 Å². The molecule has 0 radical (unpaired) electrons. The highest BCUT2D eigenvalue weighted by Gasteiger charge is 2.20. The molecule has 0 aliphatic heterocycles. The topological polar surface area (TPSA) is 21.1 Å². The molecule has 0 unspecified atom stereocenters. The second-order valence-corrected chi connectivity index (χ2v) is 13.5. The Kier molecular flexibility index (Phi) is 6.36. The summed E-state index contributed by atoms with van der Waals surface area (Å²) in [4.78, 5) is 8.72. The summed E-state index contributed by atoms with van der Waals surface area (Å²) < 4.78 is 3.62. The van der Waals surface area contributed by atoms with Crippen molar-refractivity contribution in [2.45, 2.75) is 0 Å². The first-order valence-electron chi connectivity index (χ1n) is 16.6. The number of benzene rings is 7. The third-order valence-electron chi connectivity index (χ3n) is 9.60. The van der Waals surface area contributed by atoms with Crippen molar-refractivity contribution >= 4 is 81.4 Å². The number of aromatic nitrogens is 2. The summed E-state index contributed by atoms with van der Waals surface area (Å²) in [6.45, 7) is 0. The lowest BCUT2D eigenvalue weighted by Gasteiger charge is -2.25. The number of para-hydroxylation sites is 2. The molecule has 0 aliphatic carbocycles. The van der Waals surface area contributed by atoms with Crippen molar-refractivity contribution in [1.82, 2.24) is 9.55 Å². The molecule has 0 saturated heterocycles. The van der Waals surface area contributed by atoms with E-state index in [1.54, 1.807) is 11.3 Å². The van der Waals surface area contributed by atoms with Gasteiger partial charge in [0.25, 0.3) is 0 Å². The Hall–Kier alpha value is -6.23. The van der Waals surface area contributed by atoms with Gasteiger partial charge in [-0.2, -0.15) is 0 Å². The molecule has 230 valence electrons. The molecule has 0 amide bonds. The third kappa shape index (κ3) is 4.53. The number of fused-ring (bicyclic) bond motifs is 8. The Morgan fingerprint density at radius 2 is 1.14 bits per heavy atom. The van der Waals surface area contributed by atoms with E-state index in [0.717, 1.165) is 27.7 Å². The summed E-state index contributed by atoms with van der Waals surface area (Å²) in [5, 5.41) is 7.43. The summed E-state index contributed by atoms with van der Waals surface area (Å²) in [5.74, 6) is 0.891. The Bertz CT molecular complexity index is 2820. The lowest BCUT2D eigenvalue weighted by molar-refractivity contribution is 1.18. The van der Waals surface area contributed by atoms with Crippen LogP contribution in [0.4, 0.5) is 17.2 Å². The average Bonchev–Trinajstić information content (AvgIpc) is 3.71. The van der Waals surface area contributed by atoms with Crippen molar-refractivity contribution in [2.75, 3.05) is 4.90 Å². The van der Waals surface area contributed by atoms with Crippen molar-refractivity contribution in [1.29, 1.82) is 0 Å². The predicted molar refractivity (Wildman–Crippen MR) is 209 cm³/mol. The molecule has 3 heterocycles. The van der Waals surface area contributed by atoms with Gasteiger partial charge >= 0.3 is 0 Å². The van der Waals surface area contributed by atoms with Crippen LogP contribution in [0.3, 0.4) is 0 Å². The summed E-state index contributed by atoms with van der Waals surface area (Å²) in [6.07, 6.45) is 0. The third-order valence-corrected chi connectivity index (χ3v) is 10.7. The number of thiophene rings is 1. The van der Waals surface area contributed by atoms with Gasteiger partial charge in [-0.15, -0.1) is 11.3 Å². The van der Waals surface area contributed by atoms with Crippen LogP contribution >= 0.6 is 11.3 Å². The fourth-order valence-electron chi connectivity index (χ4n) is 7.34. The maximum atomic E-state index is 5.39. The van der Waals surface area contributed by atoms with Crippen LogP contribution in [0.2, 0.25) is 0 Å². The summed E-state index contributed by atoms with van der Waals surface area (Å²) in [6, 6.07) is 63.0. The van der Waals surface area contributed by atoms with E-state index in [1.807, 2.05) is 0 Å². The molecule has 0 N–H and O–H groups in total. The first-order chi connectivity index (χ1) is 24.3. The lowest BCUT2D eigenvalue weighted by Crippen LogP contribution is -2.11. The molecule has 7 aromatic carbocycles. The van der Waals surface area contributed by atoms with Crippen LogP contribution in [0.15, 0.2) is 176 Å². The molecule has 0 bridgehead atoms. The Labute approximate surface area is 287 Å². The molecule has 3 aromatic heterocycles. The molecule has 0 saturated carbocycles. The van der Waals surface area contributed by atoms with E-state index >= 15 is 0 Å². The highest BCUT2D eigenvalue weighted by atomic mass is 32.1. The lowest BCUT2D eigenvalue weighted by atomic mass is 10.0. The highest BCUT2D eigenvalue weighted by Crippen LogP contribution is 2.43. The van der Waals surface area contributed by atoms with Gasteiger partial charge in [-0.3, -0.25) is 4.90 Å². The molecule has 3 nitrogen and oxygen atoms in total. The van der Waals surface area contributed by atoms with E-state index in [2.05, 4.69) is 185 Å². The van der Waals surface area contributed by atoms with Gasteiger partial charge in [0, 0.05) is 43.3 Å². The van der Waals surface area contributed by atoms with Gasteiger partial charge in [0.05, 0.1) is 11.0 Å². The minimum Gasteiger partial charge on any atom is -0.309 e. The standard InChI is InChI=1S/C45H29N3S/c1-3-11-30(12-4-1)31-19-22-34(23-20-31)47(43-28-25-38-44-36-16-8-7-13-32(36)21-27-42(44)49-45(38)46-43)35-24-26-41-39(29-35)37-17-9-10-18-40(37)48(41)33-14-5-2-6-15-33/h1-29H. The van der Waals surface area contributed by atoms with Crippen molar-refractivity contribution in [3.05, 3.63) is 176 Å². The van der Waals surface area contributed by atoms with Crippen LogP contribution in [0.25, 0.3) is 69.7 Å². The molecular formula is C45H29N3S. The zero-order valence-electron chi connectivity index (χ0n) is 26.5. The Morgan fingerprint density at radius 1 is 0.469 bits per heavy atom. The van der Waals surface area contributed by atoms with Crippen LogP contribution in [-0.2, 0) is 0 Å². The largest absolute Gasteiger partial charge is 0.309 e. The fourth-order valence-corrected chi connectivity index (χ4v) is 8.43. The first kappa shape index (κ1) is 27.8. The molecule has 49 heavy (non-hydrogen) atoms. The van der Waals surface area contributed by atoms with Crippen LogP contribution in [0, 0.1) is 0 Å². The summed E-state index contributed by atoms with van der Waals surface area (Å²) >= 11 is 1.76. The minimum absolute atomic E-state index is 0.891. The van der Waals surface area contributed by atoms with Gasteiger partial charge in [-0.05, 0) is 88.6 Å². The van der Waals surface area contributed by atoms with Gasteiger partial charge in [0.2, 0.25) is 0 Å². The van der Waals surface area contributed by atoms with Gasteiger partial charge < -0.3 is 4.57 Å². The van der Waals surface area contributed by atoms with Crippen LogP contribution < -0.4 is 4.90 Å². The molecule has 0 aliphatic rings.